The molecule has 28 heavy (non-hydrogen) atoms. The first-order valence-electron chi connectivity index (χ1n) is 9.62. The Balaban J connectivity index is 0.00000280. The number of aryl methyl sites for hydroxylation is 1. The summed E-state index contributed by atoms with van der Waals surface area (Å²) in [6.07, 6.45) is 4.36. The highest BCUT2D eigenvalue weighted by atomic mass is 127. The van der Waals surface area contributed by atoms with Gasteiger partial charge in [0, 0.05) is 42.8 Å². The molecule has 0 unspecified atom stereocenters. The van der Waals surface area contributed by atoms with E-state index in [9.17, 15) is 4.79 Å². The number of hydrogen-bond donors (Lipinski definition) is 3. The van der Waals surface area contributed by atoms with Crippen molar-refractivity contribution >= 4 is 46.9 Å². The van der Waals surface area contributed by atoms with Gasteiger partial charge < -0.3 is 25.7 Å². The van der Waals surface area contributed by atoms with E-state index in [2.05, 4.69) is 46.6 Å². The van der Waals surface area contributed by atoms with Gasteiger partial charge in [-0.1, -0.05) is 18.2 Å². The molecule has 0 spiro atoms. The number of nitrogens with one attached hydrogen (secondary N) is 2. The molecule has 1 saturated heterocycles. The van der Waals surface area contributed by atoms with Crippen molar-refractivity contribution in [3.63, 3.8) is 0 Å². The highest BCUT2D eigenvalue weighted by Crippen LogP contribution is 2.21. The Morgan fingerprint density at radius 1 is 1.39 bits per heavy atom. The molecule has 1 fully saturated rings. The lowest BCUT2D eigenvalue weighted by molar-refractivity contribution is 0.0963. The van der Waals surface area contributed by atoms with E-state index in [1.165, 1.54) is 22.0 Å². The van der Waals surface area contributed by atoms with Crippen molar-refractivity contribution in [2.45, 2.75) is 39.2 Å². The predicted octanol–water partition coefficient (Wildman–Crippen LogP) is 3.16. The third-order valence-corrected chi connectivity index (χ3v) is 5.05. The van der Waals surface area contributed by atoms with Crippen molar-refractivity contribution in [3.8, 4) is 0 Å². The van der Waals surface area contributed by atoms with Crippen molar-refractivity contribution in [2.75, 3.05) is 26.2 Å². The van der Waals surface area contributed by atoms with Gasteiger partial charge in [-0.3, -0.25) is 4.99 Å². The Bertz CT molecular complexity index is 812. The van der Waals surface area contributed by atoms with Gasteiger partial charge in [0.25, 0.3) is 0 Å². The number of rotatable bonds is 5. The van der Waals surface area contributed by atoms with Gasteiger partial charge in [-0.05, 0) is 44.2 Å². The zero-order chi connectivity index (χ0) is 19.2. The molecular weight excluding hydrogens is 469 g/mol. The van der Waals surface area contributed by atoms with Crippen molar-refractivity contribution in [2.24, 2.45) is 10.7 Å². The zero-order valence-corrected chi connectivity index (χ0v) is 18.9. The lowest BCUT2D eigenvalue weighted by Gasteiger charge is -2.31. The minimum absolute atomic E-state index is 0. The van der Waals surface area contributed by atoms with Crippen LogP contribution in [0.4, 0.5) is 4.79 Å². The van der Waals surface area contributed by atoms with Crippen LogP contribution in [0.3, 0.4) is 0 Å². The quantitative estimate of drug-likeness (QED) is 0.335. The third-order valence-electron chi connectivity index (χ3n) is 5.05. The van der Waals surface area contributed by atoms with Gasteiger partial charge in [0.1, 0.15) is 0 Å². The van der Waals surface area contributed by atoms with Crippen LogP contribution in [0.2, 0.25) is 0 Å². The summed E-state index contributed by atoms with van der Waals surface area (Å²) in [5.41, 5.74) is 9.74. The number of hydrogen-bond acceptors (Lipinski definition) is 3. The Labute approximate surface area is 183 Å². The Kier molecular flexibility index (Phi) is 8.40. The monoisotopic (exact) mass is 499 g/mol. The van der Waals surface area contributed by atoms with Crippen molar-refractivity contribution in [3.05, 3.63) is 35.5 Å². The number of ether oxygens (including phenoxy) is 1. The number of nitrogens with two attached hydrogens (primary N) is 1. The van der Waals surface area contributed by atoms with E-state index in [1.54, 1.807) is 4.90 Å². The number of para-hydroxylation sites is 1. The molecule has 1 aromatic heterocycles. The molecule has 1 aromatic carbocycles. The van der Waals surface area contributed by atoms with Crippen LogP contribution in [0.1, 0.15) is 30.9 Å². The van der Waals surface area contributed by atoms with Crippen LogP contribution in [-0.4, -0.2) is 54.2 Å². The van der Waals surface area contributed by atoms with Gasteiger partial charge in [-0.25, -0.2) is 4.79 Å². The predicted molar refractivity (Wildman–Crippen MR) is 123 cm³/mol. The Hall–Kier alpha value is -1.97. The van der Waals surface area contributed by atoms with Crippen molar-refractivity contribution in [1.29, 1.82) is 0 Å². The zero-order valence-electron chi connectivity index (χ0n) is 16.5. The molecule has 0 bridgehead atoms. The van der Waals surface area contributed by atoms with Crippen LogP contribution in [0, 0.1) is 6.92 Å². The second-order valence-electron chi connectivity index (χ2n) is 6.93. The number of aliphatic imine (C=N–C) groups is 1. The summed E-state index contributed by atoms with van der Waals surface area (Å²) in [6.45, 7) is 6.34. The van der Waals surface area contributed by atoms with E-state index in [0.717, 1.165) is 19.3 Å². The number of aromatic nitrogens is 1. The Morgan fingerprint density at radius 3 is 2.86 bits per heavy atom. The second kappa shape index (κ2) is 10.5. The molecule has 1 amide bonds. The largest absolute Gasteiger partial charge is 0.450 e. The highest BCUT2D eigenvalue weighted by molar-refractivity contribution is 14.0. The van der Waals surface area contributed by atoms with Crippen LogP contribution in [0.25, 0.3) is 10.9 Å². The minimum Gasteiger partial charge on any atom is -0.450 e. The maximum atomic E-state index is 11.7. The molecule has 0 saturated carbocycles. The number of H-pyrrole nitrogens is 1. The molecule has 0 aliphatic carbocycles. The number of amides is 1. The van der Waals surface area contributed by atoms with Crippen molar-refractivity contribution < 1.29 is 9.53 Å². The summed E-state index contributed by atoms with van der Waals surface area (Å²) in [7, 11) is 0. The fourth-order valence-corrected chi connectivity index (χ4v) is 3.54. The van der Waals surface area contributed by atoms with E-state index >= 15 is 0 Å². The van der Waals surface area contributed by atoms with Crippen LogP contribution < -0.4 is 11.1 Å². The molecule has 4 N–H and O–H groups in total. The number of likely N-dealkylation sites (tertiary alicyclic amines) is 1. The molecule has 154 valence electrons. The van der Waals surface area contributed by atoms with Crippen LogP contribution in [0.15, 0.2) is 29.4 Å². The fourth-order valence-electron chi connectivity index (χ4n) is 3.54. The maximum absolute atomic E-state index is 11.7. The maximum Gasteiger partial charge on any atom is 0.409 e. The smallest absolute Gasteiger partial charge is 0.409 e. The molecule has 0 radical (unpaired) electrons. The number of guanidine groups is 1. The van der Waals surface area contributed by atoms with Gasteiger partial charge >= 0.3 is 6.09 Å². The first-order chi connectivity index (χ1) is 13.1. The lowest BCUT2D eigenvalue weighted by Crippen LogP contribution is -2.48. The van der Waals surface area contributed by atoms with Gasteiger partial charge in [0.05, 0.1) is 6.61 Å². The summed E-state index contributed by atoms with van der Waals surface area (Å²) in [5, 5.41) is 4.53. The number of fused-ring (bicyclic) bond motifs is 1. The average molecular weight is 499 g/mol. The summed E-state index contributed by atoms with van der Waals surface area (Å²) in [6, 6.07) is 6.57. The van der Waals surface area contributed by atoms with Gasteiger partial charge in [0.15, 0.2) is 5.96 Å². The topological polar surface area (TPSA) is 95.7 Å². The summed E-state index contributed by atoms with van der Waals surface area (Å²) < 4.78 is 5.04. The van der Waals surface area contributed by atoms with E-state index in [1.807, 2.05) is 6.92 Å². The molecular formula is C20H30IN5O2. The van der Waals surface area contributed by atoms with Gasteiger partial charge in [-0.2, -0.15) is 0 Å². The number of halogens is 1. The molecule has 2 aromatic rings. The van der Waals surface area contributed by atoms with Crippen LogP contribution >= 0.6 is 24.0 Å². The molecule has 1 aliphatic heterocycles. The average Bonchev–Trinajstić information content (AvgIpc) is 3.07. The summed E-state index contributed by atoms with van der Waals surface area (Å²) in [4.78, 5) is 21.3. The number of aromatic amines is 1. The number of carbonyl (C=O) groups excluding carboxylic acids is 1. The van der Waals surface area contributed by atoms with E-state index < -0.39 is 0 Å². The SMILES string of the molecule is CCOC(=O)N1CCC(NC(N)=NCCc2c[nH]c3c(C)cccc23)CC1.I. The molecule has 8 heteroatoms. The Morgan fingerprint density at radius 2 is 2.14 bits per heavy atom. The summed E-state index contributed by atoms with van der Waals surface area (Å²) in [5.74, 6) is 0.473. The first-order valence-corrected chi connectivity index (χ1v) is 9.62. The molecule has 0 atom stereocenters. The molecule has 3 rings (SSSR count). The standard InChI is InChI=1S/C20H29N5O2.HI/c1-3-27-20(26)25-11-8-16(9-12-25)24-19(21)22-10-7-15-13-23-18-14(2)5-4-6-17(15)18;/h4-6,13,16,23H,3,7-12H2,1-2H3,(H3,21,22,24);1H. The van der Waals surface area contributed by atoms with Gasteiger partial charge in [-0.15, -0.1) is 24.0 Å². The van der Waals surface area contributed by atoms with Crippen LogP contribution in [-0.2, 0) is 11.2 Å². The number of nitrogens with zero attached hydrogens (tertiary/aromatic N) is 2. The van der Waals surface area contributed by atoms with Crippen molar-refractivity contribution in [1.82, 2.24) is 15.2 Å². The first kappa shape index (κ1) is 22.3. The molecule has 7 nitrogen and oxygen atoms in total. The van der Waals surface area contributed by atoms with Crippen LogP contribution in [0.5, 0.6) is 0 Å². The van der Waals surface area contributed by atoms with E-state index in [-0.39, 0.29) is 36.1 Å². The molecule has 1 aliphatic rings. The second-order valence-corrected chi connectivity index (χ2v) is 6.93. The number of benzene rings is 1. The minimum atomic E-state index is -0.230. The lowest BCUT2D eigenvalue weighted by atomic mass is 10.1. The number of carbonyl (C=O) groups is 1. The normalized spacial score (nSPS) is 15.4. The van der Waals surface area contributed by atoms with Gasteiger partial charge in [0.2, 0.25) is 0 Å². The van der Waals surface area contributed by atoms with E-state index in [0.29, 0.717) is 32.2 Å². The van der Waals surface area contributed by atoms with E-state index in [4.69, 9.17) is 10.5 Å². The number of piperidine rings is 1. The third kappa shape index (κ3) is 5.52. The summed E-state index contributed by atoms with van der Waals surface area (Å²) >= 11 is 0. The highest BCUT2D eigenvalue weighted by Gasteiger charge is 2.23. The fraction of sp³-hybridized carbons (Fsp3) is 0.500. The molecule has 2 heterocycles.